The van der Waals surface area contributed by atoms with Gasteiger partial charge in [-0.15, -0.1) is 0 Å². The molecule has 3 N–H and O–H groups in total. The molecule has 0 spiro atoms. The molecule has 0 atom stereocenters. The van der Waals surface area contributed by atoms with E-state index < -0.39 is 11.6 Å². The van der Waals surface area contributed by atoms with Crippen LogP contribution in [0.2, 0.25) is 5.02 Å². The molecule has 2 aromatic carbocycles. The number of nitrogens with one attached hydrogen (secondary N) is 1. The lowest BCUT2D eigenvalue weighted by Crippen LogP contribution is -2.01. The van der Waals surface area contributed by atoms with E-state index in [4.69, 9.17) is 17.3 Å². The third-order valence-electron chi connectivity index (χ3n) is 2.40. The fourth-order valence-electron chi connectivity index (χ4n) is 1.57. The predicted octanol–water partition coefficient (Wildman–Crippen LogP) is 3.81. The fraction of sp³-hybridized carbons (Fsp3) is 0.0769. The number of hydrogen-bond donors (Lipinski definition) is 2. The summed E-state index contributed by atoms with van der Waals surface area (Å²) < 4.78 is 26.0. The summed E-state index contributed by atoms with van der Waals surface area (Å²) in [6.45, 7) is 0.406. The molecule has 2 rings (SSSR count). The molecule has 2 nitrogen and oxygen atoms in total. The summed E-state index contributed by atoms with van der Waals surface area (Å²) in [5.74, 6) is -0.870. The lowest BCUT2D eigenvalue weighted by atomic mass is 10.2. The van der Waals surface area contributed by atoms with Gasteiger partial charge in [-0.05, 0) is 35.9 Å². The molecule has 2 aromatic rings. The minimum atomic E-state index is -0.463. The number of rotatable bonds is 3. The van der Waals surface area contributed by atoms with Crippen molar-refractivity contribution in [2.45, 2.75) is 6.54 Å². The normalized spacial score (nSPS) is 10.4. The van der Waals surface area contributed by atoms with Crippen molar-refractivity contribution in [1.29, 1.82) is 0 Å². The van der Waals surface area contributed by atoms with Crippen LogP contribution in [0.15, 0.2) is 36.4 Å². The summed E-state index contributed by atoms with van der Waals surface area (Å²) in [6.07, 6.45) is 0. The quantitative estimate of drug-likeness (QED) is 0.831. The number of halogens is 3. The third kappa shape index (κ3) is 3.11. The Bertz CT molecular complexity index is 553. The molecular formula is C13H11ClF2N2. The first-order valence-corrected chi connectivity index (χ1v) is 5.66. The Morgan fingerprint density at radius 3 is 2.56 bits per heavy atom. The van der Waals surface area contributed by atoms with Gasteiger partial charge in [-0.2, -0.15) is 0 Å². The molecule has 0 aliphatic rings. The summed E-state index contributed by atoms with van der Waals surface area (Å²) in [7, 11) is 0. The smallest absolute Gasteiger partial charge is 0.141 e. The van der Waals surface area contributed by atoms with Crippen molar-refractivity contribution in [1.82, 2.24) is 0 Å². The predicted molar refractivity (Wildman–Crippen MR) is 69.5 cm³/mol. The summed E-state index contributed by atoms with van der Waals surface area (Å²) in [4.78, 5) is 0. The van der Waals surface area contributed by atoms with Crippen LogP contribution in [0.3, 0.4) is 0 Å². The van der Waals surface area contributed by atoms with Gasteiger partial charge in [-0.1, -0.05) is 17.7 Å². The highest BCUT2D eigenvalue weighted by Crippen LogP contribution is 2.19. The summed E-state index contributed by atoms with van der Waals surface area (Å²) in [6, 6.07) is 8.61. The number of anilines is 2. The molecule has 0 amide bonds. The van der Waals surface area contributed by atoms with Crippen LogP contribution in [-0.2, 0) is 6.54 Å². The molecule has 0 aliphatic heterocycles. The summed E-state index contributed by atoms with van der Waals surface area (Å²) >= 11 is 5.66. The van der Waals surface area contributed by atoms with Crippen molar-refractivity contribution >= 4 is 23.0 Å². The lowest BCUT2D eigenvalue weighted by molar-refractivity contribution is 0.627. The van der Waals surface area contributed by atoms with Gasteiger partial charge < -0.3 is 11.1 Å². The topological polar surface area (TPSA) is 38.0 Å². The van der Waals surface area contributed by atoms with Crippen molar-refractivity contribution in [2.75, 3.05) is 11.1 Å². The van der Waals surface area contributed by atoms with Crippen LogP contribution in [-0.4, -0.2) is 0 Å². The molecule has 94 valence electrons. The Labute approximate surface area is 108 Å². The van der Waals surface area contributed by atoms with Crippen LogP contribution in [0, 0.1) is 11.6 Å². The minimum Gasteiger partial charge on any atom is -0.399 e. The van der Waals surface area contributed by atoms with Gasteiger partial charge in [-0.3, -0.25) is 0 Å². The molecule has 0 unspecified atom stereocenters. The van der Waals surface area contributed by atoms with Crippen LogP contribution in [0.25, 0.3) is 0 Å². The highest BCUT2D eigenvalue weighted by Gasteiger charge is 2.02. The van der Waals surface area contributed by atoms with Crippen LogP contribution in [0.1, 0.15) is 5.56 Å². The monoisotopic (exact) mass is 268 g/mol. The highest BCUT2D eigenvalue weighted by atomic mass is 35.5. The van der Waals surface area contributed by atoms with Gasteiger partial charge in [0.05, 0.1) is 5.02 Å². The van der Waals surface area contributed by atoms with Crippen molar-refractivity contribution in [3.63, 3.8) is 0 Å². The second-order valence-electron chi connectivity index (χ2n) is 3.88. The summed E-state index contributed by atoms with van der Waals surface area (Å²) in [5, 5.41) is 3.05. The molecule has 0 fully saturated rings. The summed E-state index contributed by atoms with van der Waals surface area (Å²) in [5.41, 5.74) is 7.22. The van der Waals surface area contributed by atoms with Gasteiger partial charge in [-0.25, -0.2) is 8.78 Å². The van der Waals surface area contributed by atoms with E-state index in [1.807, 2.05) is 0 Å². The van der Waals surface area contributed by atoms with Gasteiger partial charge in [0.2, 0.25) is 0 Å². The van der Waals surface area contributed by atoms with E-state index in [0.717, 1.165) is 5.56 Å². The molecule has 0 saturated heterocycles. The molecule has 0 bridgehead atoms. The van der Waals surface area contributed by atoms with Gasteiger partial charge in [0, 0.05) is 17.9 Å². The van der Waals surface area contributed by atoms with Crippen molar-refractivity contribution in [2.24, 2.45) is 0 Å². The molecule has 0 saturated carbocycles. The maximum absolute atomic E-state index is 13.1. The van der Waals surface area contributed by atoms with E-state index in [-0.39, 0.29) is 5.02 Å². The zero-order chi connectivity index (χ0) is 13.1. The first-order chi connectivity index (χ1) is 8.54. The highest BCUT2D eigenvalue weighted by molar-refractivity contribution is 6.30. The van der Waals surface area contributed by atoms with E-state index in [2.05, 4.69) is 5.32 Å². The van der Waals surface area contributed by atoms with Gasteiger partial charge >= 0.3 is 0 Å². The maximum atomic E-state index is 13.1. The Balaban J connectivity index is 2.08. The van der Waals surface area contributed by atoms with Gasteiger partial charge in [0.1, 0.15) is 11.6 Å². The Kier molecular flexibility index (Phi) is 3.67. The first-order valence-electron chi connectivity index (χ1n) is 5.28. The second kappa shape index (κ2) is 5.23. The number of nitrogens with two attached hydrogens (primary N) is 1. The van der Waals surface area contributed by atoms with Gasteiger partial charge in [0.25, 0.3) is 0 Å². The zero-order valence-corrected chi connectivity index (χ0v) is 10.1. The van der Waals surface area contributed by atoms with Crippen LogP contribution >= 0.6 is 11.6 Å². The molecule has 18 heavy (non-hydrogen) atoms. The lowest BCUT2D eigenvalue weighted by Gasteiger charge is -2.08. The standard InChI is InChI=1S/C13H11ClF2N2/c14-12-3-8(1-2-13(12)16)7-18-11-5-9(15)4-10(17)6-11/h1-6,18H,7,17H2. The van der Waals surface area contributed by atoms with E-state index in [9.17, 15) is 8.78 Å². The maximum Gasteiger partial charge on any atom is 0.141 e. The van der Waals surface area contributed by atoms with Crippen molar-refractivity contribution < 1.29 is 8.78 Å². The Morgan fingerprint density at radius 1 is 1.11 bits per heavy atom. The first kappa shape index (κ1) is 12.6. The number of hydrogen-bond acceptors (Lipinski definition) is 2. The van der Waals surface area contributed by atoms with E-state index in [1.165, 1.54) is 24.3 Å². The molecule has 0 radical (unpaired) electrons. The number of nitrogen functional groups attached to an aromatic ring is 1. The van der Waals surface area contributed by atoms with E-state index >= 15 is 0 Å². The molecule has 0 aliphatic carbocycles. The minimum absolute atomic E-state index is 0.0630. The zero-order valence-electron chi connectivity index (χ0n) is 9.38. The van der Waals surface area contributed by atoms with E-state index in [0.29, 0.717) is 17.9 Å². The largest absolute Gasteiger partial charge is 0.399 e. The molecule has 0 aromatic heterocycles. The average molecular weight is 269 g/mol. The van der Waals surface area contributed by atoms with Crippen LogP contribution in [0.4, 0.5) is 20.2 Å². The van der Waals surface area contributed by atoms with Crippen molar-refractivity contribution in [3.05, 3.63) is 58.6 Å². The molecule has 5 heteroatoms. The molecular weight excluding hydrogens is 258 g/mol. The van der Waals surface area contributed by atoms with Gasteiger partial charge in [0.15, 0.2) is 0 Å². The Hall–Kier alpha value is -1.81. The Morgan fingerprint density at radius 2 is 1.89 bits per heavy atom. The second-order valence-corrected chi connectivity index (χ2v) is 4.28. The average Bonchev–Trinajstić information content (AvgIpc) is 2.29. The fourth-order valence-corrected chi connectivity index (χ4v) is 1.77. The van der Waals surface area contributed by atoms with Crippen molar-refractivity contribution in [3.8, 4) is 0 Å². The van der Waals surface area contributed by atoms with Crippen LogP contribution < -0.4 is 11.1 Å². The number of benzene rings is 2. The third-order valence-corrected chi connectivity index (χ3v) is 2.69. The SMILES string of the molecule is Nc1cc(F)cc(NCc2ccc(F)c(Cl)c2)c1. The van der Waals surface area contributed by atoms with E-state index in [1.54, 1.807) is 12.1 Å². The molecule has 0 heterocycles. The van der Waals surface area contributed by atoms with Crippen LogP contribution in [0.5, 0.6) is 0 Å².